The lowest BCUT2D eigenvalue weighted by molar-refractivity contribution is -0.156. The second-order valence-electron chi connectivity index (χ2n) is 7.72. The Morgan fingerprint density at radius 3 is 2.44 bits per heavy atom. The Morgan fingerprint density at radius 1 is 1.26 bits per heavy atom. The third-order valence-corrected chi connectivity index (χ3v) is 5.52. The number of amides is 2. The van der Waals surface area contributed by atoms with Gasteiger partial charge in [-0.25, -0.2) is 0 Å². The van der Waals surface area contributed by atoms with Crippen molar-refractivity contribution in [3.8, 4) is 0 Å². The van der Waals surface area contributed by atoms with Gasteiger partial charge in [-0.1, -0.05) is 19.1 Å². The Bertz CT molecular complexity index is 603. The molecule has 0 unspecified atom stereocenters. The smallest absolute Gasteiger partial charge is 0.310 e. The van der Waals surface area contributed by atoms with Crippen molar-refractivity contribution >= 4 is 17.8 Å². The zero-order chi connectivity index (χ0) is 20.3. The Hall–Kier alpha value is -1.89. The Kier molecular flexibility index (Phi) is 7.03. The summed E-state index contributed by atoms with van der Waals surface area (Å²) in [5.74, 6) is -2.67. The first-order valence-corrected chi connectivity index (χ1v) is 9.86. The van der Waals surface area contributed by atoms with E-state index in [1.807, 2.05) is 32.9 Å². The summed E-state index contributed by atoms with van der Waals surface area (Å²) in [7, 11) is 0. The number of allylic oxidation sites excluding steroid dienone is 1. The summed E-state index contributed by atoms with van der Waals surface area (Å²) in [5.41, 5.74) is 0. The molecule has 0 radical (unpaired) electrons. The molecule has 152 valence electrons. The molecular weight excluding hydrogens is 348 g/mol. The maximum atomic E-state index is 13.3. The number of aliphatic hydroxyl groups excluding tert-OH is 1. The van der Waals surface area contributed by atoms with Crippen LogP contribution < -0.4 is 5.32 Å². The number of fused-ring (bicyclic) bond motifs is 1. The van der Waals surface area contributed by atoms with E-state index in [0.29, 0.717) is 6.42 Å². The van der Waals surface area contributed by atoms with Gasteiger partial charge in [-0.2, -0.15) is 0 Å². The predicted molar refractivity (Wildman–Crippen MR) is 100 cm³/mol. The molecule has 0 aromatic carbocycles. The largest absolute Gasteiger partial charge is 0.466 e. The van der Waals surface area contributed by atoms with Crippen LogP contribution in [0, 0.1) is 23.7 Å². The first kappa shape index (κ1) is 21.4. The topological polar surface area (TPSA) is 95.9 Å². The van der Waals surface area contributed by atoms with Gasteiger partial charge >= 0.3 is 5.97 Å². The highest BCUT2D eigenvalue weighted by Gasteiger charge is 2.58. The highest BCUT2D eigenvalue weighted by Crippen LogP contribution is 2.45. The minimum absolute atomic E-state index is 0.0743. The van der Waals surface area contributed by atoms with Crippen LogP contribution in [0.1, 0.15) is 41.0 Å². The predicted octanol–water partition coefficient (Wildman–Crippen LogP) is 1.11. The van der Waals surface area contributed by atoms with E-state index in [1.54, 1.807) is 13.8 Å². The zero-order valence-electron chi connectivity index (χ0n) is 16.8. The number of carbonyl (C=O) groups excluding carboxylic acids is 3. The number of hydrogen-bond donors (Lipinski definition) is 2. The van der Waals surface area contributed by atoms with Crippen molar-refractivity contribution in [2.24, 2.45) is 23.7 Å². The van der Waals surface area contributed by atoms with Crippen LogP contribution in [-0.4, -0.2) is 59.1 Å². The van der Waals surface area contributed by atoms with Crippen LogP contribution in [0.15, 0.2) is 12.2 Å². The average Bonchev–Trinajstić information content (AvgIpc) is 2.92. The number of nitrogens with zero attached hydrogens (tertiary/aromatic N) is 1. The lowest BCUT2D eigenvalue weighted by Gasteiger charge is -2.33. The molecule has 6 atom stereocenters. The molecule has 0 aromatic heterocycles. The SMILES string of the molecule is CCOC(=O)[C@H]1[C@@H]2C(=O)N([C@H](C)CO)[C@H](C(=O)NC(C)C)[C@H]2C=C[C@H]1CC. The summed E-state index contributed by atoms with van der Waals surface area (Å²) in [6.45, 7) is 9.14. The van der Waals surface area contributed by atoms with Gasteiger partial charge in [0.25, 0.3) is 0 Å². The van der Waals surface area contributed by atoms with Crippen molar-refractivity contribution < 1.29 is 24.2 Å². The molecule has 0 saturated carbocycles. The second kappa shape index (κ2) is 8.87. The van der Waals surface area contributed by atoms with Crippen LogP contribution in [0.25, 0.3) is 0 Å². The fourth-order valence-corrected chi connectivity index (χ4v) is 4.33. The van der Waals surface area contributed by atoms with Crippen LogP contribution in [0.5, 0.6) is 0 Å². The maximum absolute atomic E-state index is 13.3. The van der Waals surface area contributed by atoms with Crippen molar-refractivity contribution in [2.75, 3.05) is 13.2 Å². The van der Waals surface area contributed by atoms with Gasteiger partial charge in [0.2, 0.25) is 11.8 Å². The fraction of sp³-hybridized carbons (Fsp3) is 0.750. The van der Waals surface area contributed by atoms with Gasteiger partial charge in [-0.15, -0.1) is 0 Å². The van der Waals surface area contributed by atoms with E-state index >= 15 is 0 Å². The van der Waals surface area contributed by atoms with Crippen molar-refractivity contribution in [2.45, 2.75) is 59.2 Å². The first-order chi connectivity index (χ1) is 12.8. The molecular formula is C20H32N2O5. The van der Waals surface area contributed by atoms with E-state index in [0.717, 1.165) is 0 Å². The van der Waals surface area contributed by atoms with Crippen molar-refractivity contribution in [3.63, 3.8) is 0 Å². The lowest BCUT2D eigenvalue weighted by atomic mass is 9.69. The summed E-state index contributed by atoms with van der Waals surface area (Å²) in [4.78, 5) is 40.4. The summed E-state index contributed by atoms with van der Waals surface area (Å²) < 4.78 is 5.26. The molecule has 1 fully saturated rings. The standard InChI is InChI=1S/C20H32N2O5/c1-6-13-8-9-14-16(15(13)20(26)27-7-2)19(25)22(12(5)10-23)17(14)18(24)21-11(3)4/h8-9,11-17,23H,6-7,10H2,1-5H3,(H,21,24)/t12-,13-,14+,15-,16-,17+/m1/s1. The molecule has 1 aliphatic heterocycles. The van der Waals surface area contributed by atoms with E-state index in [2.05, 4.69) is 5.32 Å². The third-order valence-electron chi connectivity index (χ3n) is 5.52. The summed E-state index contributed by atoms with van der Waals surface area (Å²) in [6, 6.07) is -1.32. The number of ether oxygens (including phenoxy) is 1. The molecule has 2 rings (SSSR count). The molecule has 0 aromatic rings. The van der Waals surface area contributed by atoms with Crippen LogP contribution >= 0.6 is 0 Å². The lowest BCUT2D eigenvalue weighted by Crippen LogP contribution is -2.52. The fourth-order valence-electron chi connectivity index (χ4n) is 4.33. The van der Waals surface area contributed by atoms with Crippen molar-refractivity contribution in [1.82, 2.24) is 10.2 Å². The summed E-state index contributed by atoms with van der Waals surface area (Å²) in [5, 5.41) is 12.5. The number of carbonyl (C=O) groups is 3. The normalized spacial score (nSPS) is 31.0. The van der Waals surface area contributed by atoms with Gasteiger partial charge in [0.1, 0.15) is 6.04 Å². The van der Waals surface area contributed by atoms with Crippen LogP contribution in [0.3, 0.4) is 0 Å². The second-order valence-corrected chi connectivity index (χ2v) is 7.72. The number of likely N-dealkylation sites (tertiary alicyclic amines) is 1. The van der Waals surface area contributed by atoms with Gasteiger partial charge in [0, 0.05) is 12.0 Å². The van der Waals surface area contributed by atoms with Crippen LogP contribution in [0.2, 0.25) is 0 Å². The Morgan fingerprint density at radius 2 is 1.93 bits per heavy atom. The molecule has 7 heteroatoms. The molecule has 1 heterocycles. The highest BCUT2D eigenvalue weighted by atomic mass is 16.5. The number of hydrogen-bond acceptors (Lipinski definition) is 5. The molecule has 2 aliphatic rings. The quantitative estimate of drug-likeness (QED) is 0.510. The van der Waals surface area contributed by atoms with Crippen molar-refractivity contribution in [1.29, 1.82) is 0 Å². The highest BCUT2D eigenvalue weighted by molar-refractivity contribution is 5.96. The van der Waals surface area contributed by atoms with E-state index in [1.165, 1.54) is 4.90 Å². The van der Waals surface area contributed by atoms with E-state index < -0.39 is 35.8 Å². The van der Waals surface area contributed by atoms with E-state index in [-0.39, 0.29) is 37.0 Å². The number of nitrogens with one attached hydrogen (secondary N) is 1. The van der Waals surface area contributed by atoms with Gasteiger partial charge in [-0.05, 0) is 40.0 Å². The van der Waals surface area contributed by atoms with Crippen LogP contribution in [-0.2, 0) is 19.1 Å². The first-order valence-electron chi connectivity index (χ1n) is 9.86. The molecule has 2 N–H and O–H groups in total. The minimum Gasteiger partial charge on any atom is -0.466 e. The number of rotatable bonds is 7. The molecule has 0 bridgehead atoms. The Balaban J connectivity index is 2.48. The molecule has 1 saturated heterocycles. The monoisotopic (exact) mass is 380 g/mol. The molecule has 27 heavy (non-hydrogen) atoms. The molecule has 0 spiro atoms. The molecule has 1 aliphatic carbocycles. The van der Waals surface area contributed by atoms with Gasteiger partial charge in [0.15, 0.2) is 0 Å². The average molecular weight is 380 g/mol. The molecule has 7 nitrogen and oxygen atoms in total. The van der Waals surface area contributed by atoms with Gasteiger partial charge in [0.05, 0.1) is 31.1 Å². The van der Waals surface area contributed by atoms with Gasteiger partial charge < -0.3 is 20.1 Å². The third kappa shape index (κ3) is 4.03. The van der Waals surface area contributed by atoms with Gasteiger partial charge in [-0.3, -0.25) is 14.4 Å². The van der Waals surface area contributed by atoms with Crippen molar-refractivity contribution in [3.05, 3.63) is 12.2 Å². The van der Waals surface area contributed by atoms with E-state index in [4.69, 9.17) is 4.74 Å². The molecule has 2 amide bonds. The van der Waals surface area contributed by atoms with E-state index in [9.17, 15) is 19.5 Å². The number of esters is 1. The Labute approximate surface area is 161 Å². The number of aliphatic hydroxyl groups is 1. The maximum Gasteiger partial charge on any atom is 0.310 e. The summed E-state index contributed by atoms with van der Waals surface area (Å²) in [6.07, 6.45) is 4.55. The summed E-state index contributed by atoms with van der Waals surface area (Å²) >= 11 is 0. The van der Waals surface area contributed by atoms with Crippen LogP contribution in [0.4, 0.5) is 0 Å². The minimum atomic E-state index is -0.738. The zero-order valence-corrected chi connectivity index (χ0v) is 16.8.